The molecule has 3 unspecified atom stereocenters. The number of aromatic nitrogens is 2. The van der Waals surface area contributed by atoms with Crippen LogP contribution in [-0.4, -0.2) is 21.8 Å². The van der Waals surface area contributed by atoms with Gasteiger partial charge in [0.25, 0.3) is 0 Å². The minimum Gasteiger partial charge on any atom is -0.355 e. The largest absolute Gasteiger partial charge is 0.355 e. The van der Waals surface area contributed by atoms with Crippen LogP contribution in [0.25, 0.3) is 55.4 Å². The van der Waals surface area contributed by atoms with E-state index in [1.54, 1.807) is 0 Å². The lowest BCUT2D eigenvalue weighted by atomic mass is 9.67. The maximum atomic E-state index is 6.68. The van der Waals surface area contributed by atoms with Crippen LogP contribution in [0, 0.1) is 0 Å². The molecule has 0 spiro atoms. The highest BCUT2D eigenvalue weighted by Gasteiger charge is 2.52. The Labute approximate surface area is 355 Å². The molecule has 0 saturated heterocycles. The molecule has 5 nitrogen and oxygen atoms in total. The molecule has 3 heterocycles. The fourth-order valence-corrected chi connectivity index (χ4v) is 9.80. The number of dihydropyridines is 1. The first kappa shape index (κ1) is 36.5. The second-order valence-electron chi connectivity index (χ2n) is 15.9. The molecule has 3 atom stereocenters. The van der Waals surface area contributed by atoms with Crippen LogP contribution >= 0.6 is 0 Å². The summed E-state index contributed by atoms with van der Waals surface area (Å²) in [5.74, 6) is 0. The highest BCUT2D eigenvalue weighted by atomic mass is 15.0. The second kappa shape index (κ2) is 15.2. The zero-order valence-electron chi connectivity index (χ0n) is 33.6. The predicted molar refractivity (Wildman–Crippen MR) is 253 cm³/mol. The minimum atomic E-state index is -0.584. The van der Waals surface area contributed by atoms with E-state index < -0.39 is 5.41 Å². The van der Waals surface area contributed by atoms with Crippen molar-refractivity contribution in [3.05, 3.63) is 240 Å². The van der Waals surface area contributed by atoms with Crippen LogP contribution in [0.1, 0.15) is 40.4 Å². The fraction of sp³-hybridized carbons (Fsp3) is 0.0714. The van der Waals surface area contributed by atoms with E-state index >= 15 is 0 Å². The van der Waals surface area contributed by atoms with Crippen molar-refractivity contribution in [3.8, 4) is 27.9 Å². The molecule has 5 heteroatoms. The lowest BCUT2D eigenvalue weighted by Crippen LogP contribution is -2.40. The average molecular weight is 786 g/mol. The zero-order chi connectivity index (χ0) is 40.8. The number of pyridine rings is 1. The quantitative estimate of drug-likeness (QED) is 0.153. The van der Waals surface area contributed by atoms with Gasteiger partial charge >= 0.3 is 0 Å². The third-order valence-corrected chi connectivity index (χ3v) is 12.5. The maximum Gasteiger partial charge on any atom is 0.0868 e. The van der Waals surface area contributed by atoms with E-state index in [9.17, 15) is 0 Å². The van der Waals surface area contributed by atoms with Gasteiger partial charge in [-0.2, -0.15) is 0 Å². The van der Waals surface area contributed by atoms with Crippen molar-refractivity contribution in [2.24, 2.45) is 10.7 Å². The van der Waals surface area contributed by atoms with Crippen molar-refractivity contribution in [2.75, 3.05) is 5.32 Å². The normalized spacial score (nSPS) is 17.3. The Bertz CT molecular complexity index is 3130. The Morgan fingerprint density at radius 1 is 0.672 bits per heavy atom. The Hall–Kier alpha value is -7.60. The van der Waals surface area contributed by atoms with Crippen LogP contribution in [0.15, 0.2) is 217 Å². The lowest BCUT2D eigenvalue weighted by molar-refractivity contribution is 0.480. The van der Waals surface area contributed by atoms with Crippen molar-refractivity contribution in [1.29, 1.82) is 0 Å². The zero-order valence-corrected chi connectivity index (χ0v) is 33.6. The van der Waals surface area contributed by atoms with E-state index in [0.717, 1.165) is 51.4 Å². The summed E-state index contributed by atoms with van der Waals surface area (Å²) in [6.45, 7) is 0. The van der Waals surface area contributed by atoms with Crippen molar-refractivity contribution in [3.63, 3.8) is 0 Å². The summed E-state index contributed by atoms with van der Waals surface area (Å²) in [4.78, 5) is 10.4. The topological polar surface area (TPSA) is 68.2 Å². The van der Waals surface area contributed by atoms with Gasteiger partial charge in [0.15, 0.2) is 0 Å². The number of hydrogen-bond donors (Lipinski definition) is 2. The van der Waals surface area contributed by atoms with E-state index in [4.69, 9.17) is 15.7 Å². The number of benzene rings is 7. The molecule has 11 rings (SSSR count). The number of nitrogens with two attached hydrogens (primary N) is 1. The fourth-order valence-electron chi connectivity index (χ4n) is 9.80. The summed E-state index contributed by atoms with van der Waals surface area (Å²) in [6.07, 6.45) is 11.1. The number of para-hydroxylation sites is 1. The Kier molecular flexibility index (Phi) is 9.10. The van der Waals surface area contributed by atoms with Gasteiger partial charge in [0.2, 0.25) is 0 Å². The van der Waals surface area contributed by atoms with E-state index in [2.05, 4.69) is 186 Å². The molecular formula is C56H43N5. The maximum absolute atomic E-state index is 6.68. The van der Waals surface area contributed by atoms with Gasteiger partial charge in [-0.15, -0.1) is 0 Å². The summed E-state index contributed by atoms with van der Waals surface area (Å²) in [5.41, 5.74) is 22.0. The van der Waals surface area contributed by atoms with Gasteiger partial charge < -0.3 is 15.6 Å². The number of nitrogens with zero attached hydrogens (tertiary/aromatic N) is 3. The first-order valence-electron chi connectivity index (χ1n) is 21.0. The van der Waals surface area contributed by atoms with Crippen LogP contribution in [0.5, 0.6) is 0 Å². The molecule has 292 valence electrons. The van der Waals surface area contributed by atoms with Crippen molar-refractivity contribution in [2.45, 2.75) is 23.9 Å². The van der Waals surface area contributed by atoms with Crippen LogP contribution in [0.4, 0.5) is 5.69 Å². The molecule has 2 aliphatic rings. The summed E-state index contributed by atoms with van der Waals surface area (Å²) in [5, 5.41) is 6.13. The van der Waals surface area contributed by atoms with Crippen molar-refractivity contribution < 1.29 is 0 Å². The molecule has 0 amide bonds. The van der Waals surface area contributed by atoms with Gasteiger partial charge in [-0.1, -0.05) is 146 Å². The van der Waals surface area contributed by atoms with E-state index in [0.29, 0.717) is 0 Å². The van der Waals surface area contributed by atoms with Gasteiger partial charge in [0.05, 0.1) is 34.2 Å². The Morgan fingerprint density at radius 3 is 2.13 bits per heavy atom. The number of fused-ring (bicyclic) bond motifs is 7. The molecule has 7 aromatic carbocycles. The summed E-state index contributed by atoms with van der Waals surface area (Å²) < 4.78 is 2.43. The standard InChI is InChI=1S/C56H43N5/c57-48(40-15-3-1-4-16-40)37-49(41-17-5-2-6-18-41)60-42-29-25-38(26-30-42)39-27-31-43(32-28-39)61-50-22-10-8-20-46(50)54-51(61)34-33-45-44-19-7-9-21-47(44)56(55(45)54,52-23-11-13-35-58-52)53-24-12-14-36-59-53/h1-23,25-37,48,53,60H,24,57H2/b49-37-. The smallest absolute Gasteiger partial charge is 0.0868 e. The van der Waals surface area contributed by atoms with Crippen molar-refractivity contribution in [1.82, 2.24) is 9.55 Å². The number of nitrogens with one attached hydrogen (secondary N) is 1. The lowest BCUT2D eigenvalue weighted by Gasteiger charge is -2.38. The van der Waals surface area contributed by atoms with Gasteiger partial charge in [0, 0.05) is 40.3 Å². The highest BCUT2D eigenvalue weighted by molar-refractivity contribution is 6.15. The second-order valence-corrected chi connectivity index (χ2v) is 15.9. The summed E-state index contributed by atoms with van der Waals surface area (Å²) in [6, 6.07) is 66.5. The van der Waals surface area contributed by atoms with E-state index in [-0.39, 0.29) is 12.1 Å². The first-order chi connectivity index (χ1) is 30.2. The van der Waals surface area contributed by atoms with Crippen LogP contribution in [-0.2, 0) is 5.41 Å². The molecule has 9 aromatic rings. The molecule has 1 aliphatic heterocycles. The molecular weight excluding hydrogens is 743 g/mol. The number of anilines is 1. The highest BCUT2D eigenvalue weighted by Crippen LogP contribution is 2.58. The van der Waals surface area contributed by atoms with Gasteiger partial charge in [0.1, 0.15) is 0 Å². The van der Waals surface area contributed by atoms with Crippen LogP contribution in [0.3, 0.4) is 0 Å². The van der Waals surface area contributed by atoms with Gasteiger partial charge in [-0.05, 0) is 112 Å². The monoisotopic (exact) mass is 785 g/mol. The summed E-state index contributed by atoms with van der Waals surface area (Å²) >= 11 is 0. The van der Waals surface area contributed by atoms with E-state index in [1.807, 2.05) is 42.7 Å². The number of aliphatic imine (C=N–C) groups is 1. The molecule has 0 radical (unpaired) electrons. The van der Waals surface area contributed by atoms with Crippen LogP contribution in [0.2, 0.25) is 0 Å². The first-order valence-corrected chi connectivity index (χ1v) is 21.0. The third-order valence-electron chi connectivity index (χ3n) is 12.5. The minimum absolute atomic E-state index is 0.0591. The Balaban J connectivity index is 0.984. The van der Waals surface area contributed by atoms with Gasteiger partial charge in [-0.25, -0.2) is 0 Å². The summed E-state index contributed by atoms with van der Waals surface area (Å²) in [7, 11) is 0. The molecule has 0 saturated carbocycles. The van der Waals surface area contributed by atoms with Crippen molar-refractivity contribution >= 4 is 39.4 Å². The molecule has 0 fully saturated rings. The van der Waals surface area contributed by atoms with Gasteiger partial charge in [-0.3, -0.25) is 9.98 Å². The average Bonchev–Trinajstić information content (AvgIpc) is 3.84. The number of hydrogen-bond acceptors (Lipinski definition) is 4. The molecule has 1 aliphatic carbocycles. The Morgan fingerprint density at radius 2 is 1.38 bits per heavy atom. The predicted octanol–water partition coefficient (Wildman–Crippen LogP) is 12.7. The third kappa shape index (κ3) is 6.13. The van der Waals surface area contributed by atoms with Crippen LogP contribution < -0.4 is 11.1 Å². The SMILES string of the molecule is NC(/C=C(\Nc1ccc(-c2ccc(-n3c4ccccc4c4c5c(ccc43)-c3ccccc3C5(c3ccccn3)C3CC=CC=N3)cc2)cc1)c1ccccc1)c1ccccc1. The molecule has 0 bridgehead atoms. The number of allylic oxidation sites excluding steroid dienone is 1. The van der Waals surface area contributed by atoms with E-state index in [1.165, 1.54) is 44.1 Å². The molecule has 61 heavy (non-hydrogen) atoms. The number of rotatable bonds is 9. The molecule has 2 aromatic heterocycles. The molecule has 3 N–H and O–H groups in total.